The van der Waals surface area contributed by atoms with Gasteiger partial charge in [0.05, 0.1) is 0 Å². The number of carbonyl (C=O) groups is 1. The lowest BCUT2D eigenvalue weighted by atomic mass is 10.2. The van der Waals surface area contributed by atoms with E-state index >= 15 is 0 Å². The first-order chi connectivity index (χ1) is 15.1. The topological polar surface area (TPSA) is 66.0 Å². The van der Waals surface area contributed by atoms with E-state index in [1.165, 1.54) is 0 Å². The van der Waals surface area contributed by atoms with Gasteiger partial charge in [0, 0.05) is 24.7 Å². The van der Waals surface area contributed by atoms with Gasteiger partial charge in [-0.2, -0.15) is 0 Å². The first-order valence-electron chi connectivity index (χ1n) is 10.8. The highest BCUT2D eigenvalue weighted by atomic mass is 35.5. The summed E-state index contributed by atoms with van der Waals surface area (Å²) < 4.78 is 6.04. The van der Waals surface area contributed by atoms with E-state index in [1.54, 1.807) is 0 Å². The van der Waals surface area contributed by atoms with Gasteiger partial charge in [0.1, 0.15) is 11.5 Å². The minimum absolute atomic E-state index is 0.194. The monoisotopic (exact) mass is 444 g/mol. The van der Waals surface area contributed by atoms with Crippen molar-refractivity contribution < 1.29 is 9.53 Å². The molecule has 1 amide bonds. The molecule has 31 heavy (non-hydrogen) atoms. The van der Waals surface area contributed by atoms with Crippen LogP contribution in [-0.4, -0.2) is 37.3 Å². The third kappa shape index (κ3) is 8.13. The third-order valence-electron chi connectivity index (χ3n) is 4.71. The van der Waals surface area contributed by atoms with Crippen molar-refractivity contribution in [1.82, 2.24) is 15.5 Å². The fourth-order valence-corrected chi connectivity index (χ4v) is 3.22. The molecule has 1 aliphatic carbocycles. The van der Waals surface area contributed by atoms with E-state index < -0.39 is 0 Å². The molecule has 0 spiro atoms. The number of likely N-dealkylation sites (N-methyl/N-ethyl adjacent to an activating group) is 1. The maximum absolute atomic E-state index is 13.1. The molecule has 0 saturated carbocycles. The SMILES string of the molecule is C=N/C(NCCCC)=C(/C(=O)NCC)N(COC1=CCCC=C1)Cc1ccc(Cl)cc1. The van der Waals surface area contributed by atoms with Crippen LogP contribution >= 0.6 is 11.6 Å². The summed E-state index contributed by atoms with van der Waals surface area (Å²) in [6.07, 6.45) is 10.1. The molecular formula is C24H33ClN4O2. The van der Waals surface area contributed by atoms with Gasteiger partial charge >= 0.3 is 0 Å². The summed E-state index contributed by atoms with van der Waals surface area (Å²) in [7, 11) is 0. The number of nitrogens with one attached hydrogen (secondary N) is 2. The Morgan fingerprint density at radius 1 is 1.23 bits per heavy atom. The molecule has 1 aromatic rings. The Bertz CT molecular complexity index is 815. The fourth-order valence-electron chi connectivity index (χ4n) is 3.09. The van der Waals surface area contributed by atoms with Crippen LogP contribution in [0.15, 0.2) is 64.8 Å². The second-order valence-electron chi connectivity index (χ2n) is 7.18. The minimum Gasteiger partial charge on any atom is -0.473 e. The number of rotatable bonds is 13. The van der Waals surface area contributed by atoms with Crippen molar-refractivity contribution in [2.75, 3.05) is 19.8 Å². The van der Waals surface area contributed by atoms with Crippen molar-refractivity contribution in [3.63, 3.8) is 0 Å². The molecule has 1 aliphatic rings. The Morgan fingerprint density at radius 3 is 2.61 bits per heavy atom. The number of allylic oxidation sites excluding steroid dienone is 3. The molecule has 0 atom stereocenters. The predicted octanol–water partition coefficient (Wildman–Crippen LogP) is 4.75. The Balaban J connectivity index is 2.37. The highest BCUT2D eigenvalue weighted by Crippen LogP contribution is 2.19. The van der Waals surface area contributed by atoms with E-state index in [4.69, 9.17) is 16.3 Å². The van der Waals surface area contributed by atoms with E-state index in [9.17, 15) is 4.79 Å². The largest absolute Gasteiger partial charge is 0.473 e. The van der Waals surface area contributed by atoms with Crippen molar-refractivity contribution in [1.29, 1.82) is 0 Å². The number of benzene rings is 1. The molecule has 7 heteroatoms. The van der Waals surface area contributed by atoms with Gasteiger partial charge in [-0.25, -0.2) is 4.99 Å². The molecule has 0 bridgehead atoms. The van der Waals surface area contributed by atoms with E-state index in [2.05, 4.69) is 41.4 Å². The normalized spacial score (nSPS) is 13.7. The number of hydrogen-bond acceptors (Lipinski definition) is 5. The lowest BCUT2D eigenvalue weighted by molar-refractivity contribution is -0.119. The second-order valence-corrected chi connectivity index (χ2v) is 7.62. The zero-order valence-electron chi connectivity index (χ0n) is 18.5. The van der Waals surface area contributed by atoms with E-state index in [-0.39, 0.29) is 12.6 Å². The van der Waals surface area contributed by atoms with Gasteiger partial charge in [-0.05, 0) is 62.8 Å². The lowest BCUT2D eigenvalue weighted by Gasteiger charge is -2.28. The van der Waals surface area contributed by atoms with Crippen LogP contribution in [0.4, 0.5) is 0 Å². The summed E-state index contributed by atoms with van der Waals surface area (Å²) in [5.41, 5.74) is 1.41. The van der Waals surface area contributed by atoms with Crippen LogP contribution in [0, 0.1) is 0 Å². The maximum Gasteiger partial charge on any atom is 0.271 e. The molecule has 0 aromatic heterocycles. The molecule has 0 saturated heterocycles. The van der Waals surface area contributed by atoms with Crippen molar-refractivity contribution in [2.24, 2.45) is 4.99 Å². The average Bonchev–Trinajstić information content (AvgIpc) is 2.78. The molecule has 0 unspecified atom stereocenters. The summed E-state index contributed by atoms with van der Waals surface area (Å²) in [6.45, 7) is 9.56. The molecule has 1 aromatic carbocycles. The quantitative estimate of drug-likeness (QED) is 0.199. The zero-order chi connectivity index (χ0) is 22.5. The van der Waals surface area contributed by atoms with Gasteiger partial charge in [-0.1, -0.05) is 43.2 Å². The number of carbonyl (C=O) groups excluding carboxylic acids is 1. The molecule has 0 radical (unpaired) electrons. The first kappa shape index (κ1) is 24.5. The van der Waals surface area contributed by atoms with Crippen LogP contribution in [0.2, 0.25) is 5.02 Å². The van der Waals surface area contributed by atoms with Gasteiger partial charge in [0.15, 0.2) is 12.6 Å². The highest BCUT2D eigenvalue weighted by Gasteiger charge is 2.23. The number of nitrogens with zero attached hydrogens (tertiary/aromatic N) is 2. The molecule has 6 nitrogen and oxygen atoms in total. The Kier molecular flexibility index (Phi) is 10.7. The summed E-state index contributed by atoms with van der Waals surface area (Å²) >= 11 is 6.05. The lowest BCUT2D eigenvalue weighted by Crippen LogP contribution is -2.39. The zero-order valence-corrected chi connectivity index (χ0v) is 19.3. The van der Waals surface area contributed by atoms with Crippen molar-refractivity contribution in [3.8, 4) is 0 Å². The van der Waals surface area contributed by atoms with Gasteiger partial charge in [-0.15, -0.1) is 0 Å². The van der Waals surface area contributed by atoms with Crippen LogP contribution in [-0.2, 0) is 16.1 Å². The summed E-state index contributed by atoms with van der Waals surface area (Å²) in [5.74, 6) is 1.03. The first-order valence-corrected chi connectivity index (χ1v) is 11.2. The highest BCUT2D eigenvalue weighted by molar-refractivity contribution is 6.30. The van der Waals surface area contributed by atoms with Crippen LogP contribution in [0.25, 0.3) is 0 Å². The number of hydrogen-bond donors (Lipinski definition) is 2. The molecule has 2 N–H and O–H groups in total. The van der Waals surface area contributed by atoms with Gasteiger partial charge in [-0.3, -0.25) is 4.79 Å². The summed E-state index contributed by atoms with van der Waals surface area (Å²) in [6, 6.07) is 7.56. The number of amides is 1. The van der Waals surface area contributed by atoms with Crippen molar-refractivity contribution in [3.05, 3.63) is 70.4 Å². The smallest absolute Gasteiger partial charge is 0.271 e. The van der Waals surface area contributed by atoms with Crippen molar-refractivity contribution >= 4 is 24.2 Å². The Morgan fingerprint density at radius 2 is 2.00 bits per heavy atom. The van der Waals surface area contributed by atoms with E-state index in [0.717, 1.165) is 37.0 Å². The van der Waals surface area contributed by atoms with Gasteiger partial charge < -0.3 is 20.3 Å². The van der Waals surface area contributed by atoms with Crippen LogP contribution in [0.5, 0.6) is 0 Å². The van der Waals surface area contributed by atoms with E-state index in [0.29, 0.717) is 36.2 Å². The van der Waals surface area contributed by atoms with Gasteiger partial charge in [0.25, 0.3) is 5.91 Å². The predicted molar refractivity (Wildman–Crippen MR) is 128 cm³/mol. The van der Waals surface area contributed by atoms with Crippen molar-refractivity contribution in [2.45, 2.75) is 46.1 Å². The number of halogens is 1. The third-order valence-corrected chi connectivity index (χ3v) is 4.96. The molecule has 0 heterocycles. The molecule has 0 aliphatic heterocycles. The second kappa shape index (κ2) is 13.5. The molecule has 2 rings (SSSR count). The minimum atomic E-state index is -0.223. The molecule has 0 fully saturated rings. The molecule has 168 valence electrons. The molecular weight excluding hydrogens is 412 g/mol. The van der Waals surface area contributed by atoms with Crippen LogP contribution < -0.4 is 10.6 Å². The fraction of sp³-hybridized carbons (Fsp3) is 0.417. The number of unbranched alkanes of at least 4 members (excludes halogenated alkanes) is 1. The number of aliphatic imine (C=N–C) groups is 1. The van der Waals surface area contributed by atoms with Gasteiger partial charge in [0.2, 0.25) is 0 Å². The summed E-state index contributed by atoms with van der Waals surface area (Å²) in [5, 5.41) is 6.82. The average molecular weight is 445 g/mol. The standard InChI is InChI=1S/C24H33ClN4O2/c1-4-6-16-28-23(26-3)22(24(30)27-5-2)29(17-19-12-14-20(25)15-13-19)18-31-21-10-8-7-9-11-21/h8,10-15,28H,3-7,9,16-18H2,1-2H3,(H,27,30)/b23-22+. The van der Waals surface area contributed by atoms with E-state index in [1.807, 2.05) is 42.2 Å². The van der Waals surface area contributed by atoms with Crippen LogP contribution in [0.1, 0.15) is 45.1 Å². The summed E-state index contributed by atoms with van der Waals surface area (Å²) in [4.78, 5) is 19.1. The Labute approximate surface area is 190 Å². The Hall–Kier alpha value is -2.73. The van der Waals surface area contributed by atoms with Crippen LogP contribution in [0.3, 0.4) is 0 Å². The maximum atomic E-state index is 13.1. The number of ether oxygens (including phenoxy) is 1.